The van der Waals surface area contributed by atoms with Crippen molar-refractivity contribution < 1.29 is 19.4 Å². The molecule has 0 amide bonds. The molecule has 0 aromatic heterocycles. The van der Waals surface area contributed by atoms with Crippen molar-refractivity contribution >= 4 is 5.97 Å². The Labute approximate surface area is 146 Å². The fourth-order valence-corrected chi connectivity index (χ4v) is 4.78. The zero-order valence-electron chi connectivity index (χ0n) is 15.1. The van der Waals surface area contributed by atoms with Crippen LogP contribution in [0.25, 0.3) is 0 Å². The average molecular weight is 338 g/mol. The summed E-state index contributed by atoms with van der Waals surface area (Å²) in [6, 6.07) is 0. The zero-order chi connectivity index (χ0) is 16.9. The van der Waals surface area contributed by atoms with Crippen molar-refractivity contribution in [2.75, 3.05) is 0 Å². The third kappa shape index (κ3) is 5.45. The lowest BCUT2D eigenvalue weighted by Crippen LogP contribution is -2.36. The van der Waals surface area contributed by atoms with E-state index in [1.54, 1.807) is 0 Å². The number of carbonyl (C=O) groups is 1. The molecule has 1 heterocycles. The summed E-state index contributed by atoms with van der Waals surface area (Å²) in [7, 11) is 0. The minimum atomic E-state index is -0.465. The van der Waals surface area contributed by atoms with Gasteiger partial charge in [0.2, 0.25) is 0 Å². The summed E-state index contributed by atoms with van der Waals surface area (Å²) in [5, 5.41) is 10.1. The molecule has 6 unspecified atom stereocenters. The molecule has 1 N–H and O–H groups in total. The first kappa shape index (κ1) is 18.2. The Morgan fingerprint density at radius 1 is 0.958 bits per heavy atom. The van der Waals surface area contributed by atoms with Gasteiger partial charge in [0.1, 0.15) is 6.10 Å². The van der Waals surface area contributed by atoms with Crippen LogP contribution in [0.15, 0.2) is 0 Å². The summed E-state index contributed by atoms with van der Waals surface area (Å²) in [4.78, 5) is 11.0. The molecule has 2 aliphatic carbocycles. The molecule has 0 radical (unpaired) electrons. The molecule has 0 aromatic rings. The molecule has 3 rings (SSSR count). The van der Waals surface area contributed by atoms with Gasteiger partial charge < -0.3 is 14.6 Å². The first-order chi connectivity index (χ1) is 11.6. The van der Waals surface area contributed by atoms with E-state index in [0.717, 1.165) is 25.2 Å². The molecule has 1 saturated heterocycles. The first-order valence-electron chi connectivity index (χ1n) is 10.1. The van der Waals surface area contributed by atoms with Crippen LogP contribution in [-0.4, -0.2) is 35.5 Å². The molecule has 0 spiro atoms. The standard InChI is InChI=1S/C20H34O4/c1-14(21)23-18-10-8-15(12-17(18)22)6-4-2-3-5-7-16-9-11-19-20(13-16)24-19/h15-20,22H,2-13H2,1H3. The van der Waals surface area contributed by atoms with E-state index in [0.29, 0.717) is 18.1 Å². The molecule has 4 heteroatoms. The number of carbonyl (C=O) groups excluding carboxylic acids is 1. The Hall–Kier alpha value is -0.610. The number of unbranched alkanes of at least 4 members (excludes halogenated alkanes) is 3. The van der Waals surface area contributed by atoms with Gasteiger partial charge in [-0.3, -0.25) is 4.79 Å². The van der Waals surface area contributed by atoms with Gasteiger partial charge >= 0.3 is 5.97 Å². The molecule has 24 heavy (non-hydrogen) atoms. The lowest BCUT2D eigenvalue weighted by atomic mass is 9.82. The van der Waals surface area contributed by atoms with Gasteiger partial charge in [0.05, 0.1) is 18.3 Å². The van der Waals surface area contributed by atoms with Crippen LogP contribution < -0.4 is 0 Å². The normalized spacial score (nSPS) is 38.4. The van der Waals surface area contributed by atoms with E-state index in [1.807, 2.05) is 0 Å². The lowest BCUT2D eigenvalue weighted by Gasteiger charge is -2.32. The number of aliphatic hydroxyl groups excluding tert-OH is 1. The number of hydrogen-bond donors (Lipinski definition) is 1. The summed E-state index contributed by atoms with van der Waals surface area (Å²) in [6.45, 7) is 1.42. The van der Waals surface area contributed by atoms with Gasteiger partial charge in [-0.15, -0.1) is 0 Å². The number of aliphatic hydroxyl groups is 1. The Morgan fingerprint density at radius 3 is 2.25 bits per heavy atom. The largest absolute Gasteiger partial charge is 0.460 e. The van der Waals surface area contributed by atoms with Gasteiger partial charge in [0.15, 0.2) is 0 Å². The third-order valence-corrected chi connectivity index (χ3v) is 6.27. The van der Waals surface area contributed by atoms with Crippen LogP contribution >= 0.6 is 0 Å². The SMILES string of the molecule is CC(=O)OC1CCC(CCCCCCC2CCC3OC3C2)CC1O. The van der Waals surface area contributed by atoms with Crippen molar-refractivity contribution in [1.29, 1.82) is 0 Å². The molecule has 3 aliphatic rings. The van der Waals surface area contributed by atoms with E-state index >= 15 is 0 Å². The van der Waals surface area contributed by atoms with Crippen LogP contribution in [0.3, 0.4) is 0 Å². The quantitative estimate of drug-likeness (QED) is 0.413. The fraction of sp³-hybridized carbons (Fsp3) is 0.950. The van der Waals surface area contributed by atoms with Crippen LogP contribution in [0.1, 0.15) is 84.0 Å². The predicted octanol–water partition coefficient (Wildman–Crippen LogP) is 3.99. The number of fused-ring (bicyclic) bond motifs is 1. The van der Waals surface area contributed by atoms with Gasteiger partial charge in [-0.05, 0) is 50.4 Å². The van der Waals surface area contributed by atoms with Gasteiger partial charge in [0, 0.05) is 6.92 Å². The molecule has 4 nitrogen and oxygen atoms in total. The van der Waals surface area contributed by atoms with Gasteiger partial charge in [-0.2, -0.15) is 0 Å². The predicted molar refractivity (Wildman–Crippen MR) is 92.6 cm³/mol. The summed E-state index contributed by atoms with van der Waals surface area (Å²) in [5.74, 6) is 1.24. The molecule has 0 bridgehead atoms. The Bertz CT molecular complexity index is 410. The van der Waals surface area contributed by atoms with Crippen LogP contribution in [0, 0.1) is 11.8 Å². The highest BCUT2D eigenvalue weighted by atomic mass is 16.6. The minimum Gasteiger partial charge on any atom is -0.460 e. The molecule has 1 aliphatic heterocycles. The van der Waals surface area contributed by atoms with E-state index in [-0.39, 0.29) is 12.1 Å². The van der Waals surface area contributed by atoms with Crippen molar-refractivity contribution in [2.24, 2.45) is 11.8 Å². The minimum absolute atomic E-state index is 0.274. The summed E-state index contributed by atoms with van der Waals surface area (Å²) >= 11 is 0. The monoisotopic (exact) mass is 338 g/mol. The van der Waals surface area contributed by atoms with E-state index in [1.165, 1.54) is 64.7 Å². The van der Waals surface area contributed by atoms with Gasteiger partial charge in [0.25, 0.3) is 0 Å². The molecule has 138 valence electrons. The first-order valence-corrected chi connectivity index (χ1v) is 10.1. The van der Waals surface area contributed by atoms with E-state index < -0.39 is 6.10 Å². The molecule has 6 atom stereocenters. The van der Waals surface area contributed by atoms with Crippen LogP contribution in [0.5, 0.6) is 0 Å². The zero-order valence-corrected chi connectivity index (χ0v) is 15.1. The van der Waals surface area contributed by atoms with E-state index in [9.17, 15) is 9.90 Å². The second-order valence-electron chi connectivity index (χ2n) is 8.28. The fourth-order valence-electron chi connectivity index (χ4n) is 4.78. The van der Waals surface area contributed by atoms with Gasteiger partial charge in [-0.1, -0.05) is 38.5 Å². The van der Waals surface area contributed by atoms with Gasteiger partial charge in [-0.25, -0.2) is 0 Å². The summed E-state index contributed by atoms with van der Waals surface area (Å²) in [6.07, 6.45) is 15.1. The molecular weight excluding hydrogens is 304 g/mol. The second-order valence-corrected chi connectivity index (χ2v) is 8.28. The average Bonchev–Trinajstić information content (AvgIpc) is 3.31. The topological polar surface area (TPSA) is 59.1 Å². The molecule has 3 fully saturated rings. The third-order valence-electron chi connectivity index (χ3n) is 6.27. The molecule has 2 saturated carbocycles. The molecule has 0 aromatic carbocycles. The maximum atomic E-state index is 11.0. The van der Waals surface area contributed by atoms with E-state index in [2.05, 4.69) is 0 Å². The number of rotatable bonds is 8. The molecular formula is C20H34O4. The number of hydrogen-bond acceptors (Lipinski definition) is 4. The van der Waals surface area contributed by atoms with E-state index in [4.69, 9.17) is 9.47 Å². The highest BCUT2D eigenvalue weighted by molar-refractivity contribution is 5.66. The Balaban J connectivity index is 1.19. The van der Waals surface area contributed by atoms with Crippen LogP contribution in [0.4, 0.5) is 0 Å². The number of esters is 1. The van der Waals surface area contributed by atoms with Crippen molar-refractivity contribution in [3.8, 4) is 0 Å². The van der Waals surface area contributed by atoms with Crippen LogP contribution in [-0.2, 0) is 14.3 Å². The lowest BCUT2D eigenvalue weighted by molar-refractivity contribution is -0.156. The maximum absolute atomic E-state index is 11.0. The van der Waals surface area contributed by atoms with Crippen molar-refractivity contribution in [1.82, 2.24) is 0 Å². The highest BCUT2D eigenvalue weighted by Gasteiger charge is 2.43. The summed E-state index contributed by atoms with van der Waals surface area (Å²) < 4.78 is 10.8. The Kier molecular flexibility index (Phi) is 6.56. The van der Waals surface area contributed by atoms with Crippen molar-refractivity contribution in [3.05, 3.63) is 0 Å². The smallest absolute Gasteiger partial charge is 0.302 e. The highest BCUT2D eigenvalue weighted by Crippen LogP contribution is 2.41. The van der Waals surface area contributed by atoms with Crippen molar-refractivity contribution in [2.45, 2.75) is 108 Å². The second kappa shape index (κ2) is 8.66. The van der Waals surface area contributed by atoms with Crippen LogP contribution in [0.2, 0.25) is 0 Å². The van der Waals surface area contributed by atoms with Crippen molar-refractivity contribution in [3.63, 3.8) is 0 Å². The Morgan fingerprint density at radius 2 is 1.62 bits per heavy atom. The number of epoxide rings is 1. The number of ether oxygens (including phenoxy) is 2. The maximum Gasteiger partial charge on any atom is 0.302 e. The summed E-state index contributed by atoms with van der Waals surface area (Å²) in [5.41, 5.74) is 0.